The van der Waals surface area contributed by atoms with Gasteiger partial charge in [-0.3, -0.25) is 0 Å². The molecule has 1 saturated carbocycles. The average molecular weight is 265 g/mol. The molecule has 2 rings (SSSR count). The van der Waals surface area contributed by atoms with Gasteiger partial charge in [0.05, 0.1) is 6.61 Å². The summed E-state index contributed by atoms with van der Waals surface area (Å²) in [5, 5.41) is 3.55. The van der Waals surface area contributed by atoms with E-state index < -0.39 is 0 Å². The lowest BCUT2D eigenvalue weighted by molar-refractivity contribution is 0.102. The average Bonchev–Trinajstić information content (AvgIpc) is 2.85. The predicted octanol–water partition coefficient (Wildman–Crippen LogP) is 3.51. The molecule has 0 amide bonds. The molecule has 1 aromatic carbocycles. The fraction of sp³-hybridized carbons (Fsp3) is 0.625. The second-order valence-electron chi connectivity index (χ2n) is 5.29. The first kappa shape index (κ1) is 14.5. The molecule has 19 heavy (non-hydrogen) atoms. The molecule has 1 aromatic rings. The lowest BCUT2D eigenvalue weighted by atomic mass is 10.00. The number of nitrogens with one attached hydrogen (secondary N) is 1. The van der Waals surface area contributed by atoms with E-state index in [0.29, 0.717) is 18.2 Å². The number of hydrogen-bond donors (Lipinski definition) is 1. The summed E-state index contributed by atoms with van der Waals surface area (Å²) in [7, 11) is 0. The van der Waals surface area contributed by atoms with Crippen molar-refractivity contribution in [3.05, 3.63) is 35.6 Å². The third-order valence-electron chi connectivity index (χ3n) is 3.97. The number of benzene rings is 1. The van der Waals surface area contributed by atoms with E-state index in [0.717, 1.165) is 25.5 Å². The summed E-state index contributed by atoms with van der Waals surface area (Å²) in [5.41, 5.74) is 0.650. The van der Waals surface area contributed by atoms with Crippen molar-refractivity contribution < 1.29 is 9.13 Å². The third kappa shape index (κ3) is 4.29. The van der Waals surface area contributed by atoms with Crippen LogP contribution in [0.15, 0.2) is 24.3 Å². The fourth-order valence-electron chi connectivity index (χ4n) is 2.95. The van der Waals surface area contributed by atoms with Crippen LogP contribution in [0.25, 0.3) is 0 Å². The summed E-state index contributed by atoms with van der Waals surface area (Å²) in [5.74, 6) is 0.550. The van der Waals surface area contributed by atoms with Gasteiger partial charge in [-0.1, -0.05) is 31.5 Å². The number of halogens is 1. The highest BCUT2D eigenvalue weighted by Crippen LogP contribution is 2.28. The van der Waals surface area contributed by atoms with Gasteiger partial charge in [0.25, 0.3) is 0 Å². The van der Waals surface area contributed by atoms with Crippen molar-refractivity contribution in [3.63, 3.8) is 0 Å². The molecule has 1 aliphatic carbocycles. The Bertz CT molecular complexity index is 383. The van der Waals surface area contributed by atoms with E-state index in [-0.39, 0.29) is 5.82 Å². The van der Waals surface area contributed by atoms with Gasteiger partial charge in [-0.2, -0.15) is 0 Å². The lowest BCUT2D eigenvalue weighted by Gasteiger charge is -2.20. The normalized spacial score (nSPS) is 22.8. The van der Waals surface area contributed by atoms with Gasteiger partial charge in [0.2, 0.25) is 0 Å². The minimum absolute atomic E-state index is 0.172. The summed E-state index contributed by atoms with van der Waals surface area (Å²) in [6, 6.07) is 7.48. The van der Waals surface area contributed by atoms with Crippen molar-refractivity contribution >= 4 is 0 Å². The lowest BCUT2D eigenvalue weighted by Crippen LogP contribution is -2.32. The van der Waals surface area contributed by atoms with Gasteiger partial charge in [0.1, 0.15) is 5.82 Å². The van der Waals surface area contributed by atoms with E-state index in [2.05, 4.69) is 12.2 Å². The maximum atomic E-state index is 13.4. The van der Waals surface area contributed by atoms with E-state index >= 15 is 0 Å². The molecule has 0 aromatic heterocycles. The van der Waals surface area contributed by atoms with Crippen LogP contribution in [0.2, 0.25) is 0 Å². The van der Waals surface area contributed by atoms with E-state index in [1.54, 1.807) is 12.1 Å². The molecule has 2 nitrogen and oxygen atoms in total. The first-order valence-corrected chi connectivity index (χ1v) is 7.35. The van der Waals surface area contributed by atoms with E-state index in [9.17, 15) is 4.39 Å². The molecule has 106 valence electrons. The Hall–Kier alpha value is -0.930. The summed E-state index contributed by atoms with van der Waals surface area (Å²) in [6.45, 7) is 4.30. The Labute approximate surface area is 115 Å². The molecular weight excluding hydrogens is 241 g/mol. The molecule has 0 saturated heterocycles. The van der Waals surface area contributed by atoms with Gasteiger partial charge >= 0.3 is 0 Å². The highest BCUT2D eigenvalue weighted by molar-refractivity contribution is 5.16. The van der Waals surface area contributed by atoms with Crippen LogP contribution in [0.4, 0.5) is 4.39 Å². The van der Waals surface area contributed by atoms with E-state index in [1.165, 1.54) is 25.3 Å². The van der Waals surface area contributed by atoms with Crippen LogP contribution in [0.5, 0.6) is 0 Å². The molecule has 0 spiro atoms. The van der Waals surface area contributed by atoms with Crippen molar-refractivity contribution in [2.24, 2.45) is 5.92 Å². The summed E-state index contributed by atoms with van der Waals surface area (Å²) < 4.78 is 19.0. The second-order valence-corrected chi connectivity index (χ2v) is 5.29. The second kappa shape index (κ2) is 7.61. The van der Waals surface area contributed by atoms with Crippen LogP contribution in [-0.2, 0) is 11.3 Å². The monoisotopic (exact) mass is 265 g/mol. The van der Waals surface area contributed by atoms with Crippen LogP contribution in [0.3, 0.4) is 0 Å². The van der Waals surface area contributed by atoms with Gasteiger partial charge in [0.15, 0.2) is 0 Å². The van der Waals surface area contributed by atoms with Crippen molar-refractivity contribution in [1.82, 2.24) is 5.32 Å². The van der Waals surface area contributed by atoms with Gasteiger partial charge in [-0.15, -0.1) is 0 Å². The Morgan fingerprint density at radius 3 is 2.95 bits per heavy atom. The van der Waals surface area contributed by atoms with Crippen molar-refractivity contribution in [3.8, 4) is 0 Å². The zero-order chi connectivity index (χ0) is 13.5. The molecule has 3 heteroatoms. The highest BCUT2D eigenvalue weighted by atomic mass is 19.1. The molecule has 0 heterocycles. The zero-order valence-electron chi connectivity index (χ0n) is 11.7. The summed E-state index contributed by atoms with van der Waals surface area (Å²) in [6.07, 6.45) is 4.97. The molecule has 1 aliphatic rings. The van der Waals surface area contributed by atoms with Crippen molar-refractivity contribution in [1.29, 1.82) is 0 Å². The molecule has 2 unspecified atom stereocenters. The Morgan fingerprint density at radius 1 is 1.32 bits per heavy atom. The Balaban J connectivity index is 1.68. The quantitative estimate of drug-likeness (QED) is 0.762. The zero-order valence-corrected chi connectivity index (χ0v) is 11.7. The molecule has 1 N–H and O–H groups in total. The van der Waals surface area contributed by atoms with Crippen LogP contribution in [0.1, 0.15) is 38.2 Å². The maximum absolute atomic E-state index is 13.4. The van der Waals surface area contributed by atoms with Crippen molar-refractivity contribution in [2.45, 2.75) is 45.3 Å². The Kier molecular flexibility index (Phi) is 5.80. The minimum atomic E-state index is -0.172. The number of rotatable bonds is 7. The third-order valence-corrected chi connectivity index (χ3v) is 3.97. The Morgan fingerprint density at radius 2 is 2.16 bits per heavy atom. The molecule has 0 bridgehead atoms. The molecule has 0 aliphatic heterocycles. The number of ether oxygens (including phenoxy) is 1. The number of hydrogen-bond acceptors (Lipinski definition) is 2. The fourth-order valence-corrected chi connectivity index (χ4v) is 2.95. The van der Waals surface area contributed by atoms with Crippen molar-refractivity contribution in [2.75, 3.05) is 13.2 Å². The summed E-state index contributed by atoms with van der Waals surface area (Å²) in [4.78, 5) is 0. The largest absolute Gasteiger partial charge is 0.377 e. The molecule has 0 radical (unpaired) electrons. The molecular formula is C16H24FNO. The first-order valence-electron chi connectivity index (χ1n) is 7.35. The van der Waals surface area contributed by atoms with Crippen LogP contribution in [-0.4, -0.2) is 19.2 Å². The summed E-state index contributed by atoms with van der Waals surface area (Å²) >= 11 is 0. The van der Waals surface area contributed by atoms with Crippen LogP contribution >= 0.6 is 0 Å². The SMILES string of the molecule is CCNC1CCCC1CCOCc1ccccc1F. The van der Waals surface area contributed by atoms with Crippen LogP contribution < -0.4 is 5.32 Å². The first-order chi connectivity index (χ1) is 9.31. The topological polar surface area (TPSA) is 21.3 Å². The highest BCUT2D eigenvalue weighted by Gasteiger charge is 2.25. The maximum Gasteiger partial charge on any atom is 0.128 e. The van der Waals surface area contributed by atoms with E-state index in [1.807, 2.05) is 6.07 Å². The predicted molar refractivity (Wildman–Crippen MR) is 75.5 cm³/mol. The van der Waals surface area contributed by atoms with Crippen LogP contribution in [0, 0.1) is 11.7 Å². The van der Waals surface area contributed by atoms with Gasteiger partial charge in [-0.05, 0) is 37.8 Å². The van der Waals surface area contributed by atoms with Gasteiger partial charge < -0.3 is 10.1 Å². The minimum Gasteiger partial charge on any atom is -0.377 e. The van der Waals surface area contributed by atoms with Gasteiger partial charge in [0, 0.05) is 18.2 Å². The van der Waals surface area contributed by atoms with E-state index in [4.69, 9.17) is 4.74 Å². The molecule has 1 fully saturated rings. The standard InChI is InChI=1S/C16H24FNO/c1-2-18-16-9-5-7-13(16)10-11-19-12-14-6-3-4-8-15(14)17/h3-4,6,8,13,16,18H,2,5,7,9-12H2,1H3. The smallest absolute Gasteiger partial charge is 0.128 e. The molecule has 2 atom stereocenters. The van der Waals surface area contributed by atoms with Gasteiger partial charge in [-0.25, -0.2) is 4.39 Å².